The van der Waals surface area contributed by atoms with Crippen LogP contribution in [-0.4, -0.2) is 3.92 Å². The standard InChI is InChI=1S/C6H6I2/c7-5-2-1-3-6(8)4-5/h1-3,5H,4H2. The Bertz CT molecular complexity index is 135. The topological polar surface area (TPSA) is 0 Å². The Morgan fingerprint density at radius 3 is 2.75 bits per heavy atom. The van der Waals surface area contributed by atoms with Crippen LogP contribution < -0.4 is 0 Å². The minimum Gasteiger partial charge on any atom is -0.0777 e. The normalized spacial score (nSPS) is 27.8. The van der Waals surface area contributed by atoms with E-state index in [0.717, 1.165) is 3.92 Å². The second-order valence-corrected chi connectivity index (χ2v) is 4.70. The van der Waals surface area contributed by atoms with E-state index in [0.29, 0.717) is 0 Å². The van der Waals surface area contributed by atoms with Crippen LogP contribution in [0.15, 0.2) is 21.8 Å². The van der Waals surface area contributed by atoms with Crippen LogP contribution in [0.4, 0.5) is 0 Å². The third-order valence-electron chi connectivity index (χ3n) is 0.987. The van der Waals surface area contributed by atoms with Gasteiger partial charge in [-0.1, -0.05) is 40.8 Å². The third kappa shape index (κ3) is 2.05. The molecule has 0 heterocycles. The lowest BCUT2D eigenvalue weighted by atomic mass is 10.2. The zero-order chi connectivity index (χ0) is 5.98. The molecule has 0 bridgehead atoms. The molecule has 0 amide bonds. The molecule has 0 spiro atoms. The van der Waals surface area contributed by atoms with Gasteiger partial charge in [0.1, 0.15) is 0 Å². The summed E-state index contributed by atoms with van der Waals surface area (Å²) in [5.41, 5.74) is 0. The largest absolute Gasteiger partial charge is 0.0777 e. The van der Waals surface area contributed by atoms with Crippen LogP contribution in [0.25, 0.3) is 0 Å². The van der Waals surface area contributed by atoms with E-state index < -0.39 is 0 Å². The molecule has 1 rings (SSSR count). The summed E-state index contributed by atoms with van der Waals surface area (Å²) in [6.07, 6.45) is 7.73. The van der Waals surface area contributed by atoms with Gasteiger partial charge in [0.05, 0.1) is 0 Å². The summed E-state index contributed by atoms with van der Waals surface area (Å²) < 4.78 is 2.19. The highest BCUT2D eigenvalue weighted by molar-refractivity contribution is 14.1. The van der Waals surface area contributed by atoms with Crippen molar-refractivity contribution in [2.45, 2.75) is 10.3 Å². The SMILES string of the molecule is IC1=CC=CC(I)C1. The zero-order valence-electron chi connectivity index (χ0n) is 4.27. The molecule has 0 aromatic heterocycles. The fourth-order valence-electron chi connectivity index (χ4n) is 0.603. The highest BCUT2D eigenvalue weighted by atomic mass is 127. The molecule has 0 N–H and O–H groups in total. The van der Waals surface area contributed by atoms with Crippen LogP contribution >= 0.6 is 45.2 Å². The van der Waals surface area contributed by atoms with Crippen molar-refractivity contribution in [2.75, 3.05) is 0 Å². The van der Waals surface area contributed by atoms with Crippen LogP contribution in [0.3, 0.4) is 0 Å². The Hall–Kier alpha value is 0.940. The van der Waals surface area contributed by atoms with E-state index in [1.165, 1.54) is 10.0 Å². The summed E-state index contributed by atoms with van der Waals surface area (Å²) in [6.45, 7) is 0. The first-order valence-corrected chi connectivity index (χ1v) is 4.78. The molecule has 0 aliphatic heterocycles. The van der Waals surface area contributed by atoms with Gasteiger partial charge in [-0.3, -0.25) is 0 Å². The number of alkyl halides is 1. The van der Waals surface area contributed by atoms with Crippen LogP contribution in [0, 0.1) is 0 Å². The van der Waals surface area contributed by atoms with Gasteiger partial charge >= 0.3 is 0 Å². The molecular formula is C6H6I2. The minimum absolute atomic E-state index is 0.726. The molecule has 0 radical (unpaired) electrons. The molecule has 0 saturated carbocycles. The average Bonchev–Trinajstić information content (AvgIpc) is 1.64. The first-order valence-electron chi connectivity index (χ1n) is 2.46. The fraction of sp³-hybridized carbons (Fsp3) is 0.333. The van der Waals surface area contributed by atoms with E-state index in [9.17, 15) is 0 Å². The summed E-state index contributed by atoms with van der Waals surface area (Å²) in [4.78, 5) is 0. The molecule has 0 aromatic rings. The average molecular weight is 332 g/mol. The Morgan fingerprint density at radius 2 is 2.38 bits per heavy atom. The van der Waals surface area contributed by atoms with E-state index in [2.05, 4.69) is 63.4 Å². The van der Waals surface area contributed by atoms with Gasteiger partial charge in [-0.25, -0.2) is 0 Å². The van der Waals surface area contributed by atoms with Gasteiger partial charge in [0.25, 0.3) is 0 Å². The third-order valence-corrected chi connectivity index (χ3v) is 2.64. The summed E-state index contributed by atoms with van der Waals surface area (Å²) in [7, 11) is 0. The van der Waals surface area contributed by atoms with Gasteiger partial charge in [0.15, 0.2) is 0 Å². The Labute approximate surface area is 76.7 Å². The number of hydrogen-bond acceptors (Lipinski definition) is 0. The van der Waals surface area contributed by atoms with E-state index in [4.69, 9.17) is 0 Å². The van der Waals surface area contributed by atoms with E-state index in [-0.39, 0.29) is 0 Å². The van der Waals surface area contributed by atoms with Gasteiger partial charge in [-0.2, -0.15) is 0 Å². The first-order chi connectivity index (χ1) is 3.79. The number of allylic oxidation sites excluding steroid dienone is 4. The van der Waals surface area contributed by atoms with Crippen molar-refractivity contribution in [3.8, 4) is 0 Å². The Morgan fingerprint density at radius 1 is 1.62 bits per heavy atom. The molecule has 0 aromatic carbocycles. The number of rotatable bonds is 0. The lowest BCUT2D eigenvalue weighted by Crippen LogP contribution is -1.94. The van der Waals surface area contributed by atoms with E-state index in [1.807, 2.05) is 0 Å². The molecule has 0 saturated heterocycles. The number of hydrogen-bond donors (Lipinski definition) is 0. The summed E-state index contributed by atoms with van der Waals surface area (Å²) in [6, 6.07) is 0. The molecule has 0 nitrogen and oxygen atoms in total. The van der Waals surface area contributed by atoms with Crippen molar-refractivity contribution in [1.82, 2.24) is 0 Å². The molecule has 8 heavy (non-hydrogen) atoms. The van der Waals surface area contributed by atoms with Crippen LogP contribution in [-0.2, 0) is 0 Å². The number of halogens is 2. The maximum absolute atomic E-state index is 2.44. The molecular weight excluding hydrogens is 326 g/mol. The lowest BCUT2D eigenvalue weighted by Gasteiger charge is -2.05. The summed E-state index contributed by atoms with van der Waals surface area (Å²) in [5, 5.41) is 0. The zero-order valence-corrected chi connectivity index (χ0v) is 8.59. The van der Waals surface area contributed by atoms with Gasteiger partial charge in [0, 0.05) is 3.92 Å². The first kappa shape index (κ1) is 7.05. The van der Waals surface area contributed by atoms with E-state index >= 15 is 0 Å². The van der Waals surface area contributed by atoms with Gasteiger partial charge in [0.2, 0.25) is 0 Å². The quantitative estimate of drug-likeness (QED) is 0.473. The molecule has 1 atom stereocenters. The maximum atomic E-state index is 2.44. The van der Waals surface area contributed by atoms with E-state index in [1.54, 1.807) is 0 Å². The second kappa shape index (κ2) is 3.20. The maximum Gasteiger partial charge on any atom is 0.0337 e. The molecule has 1 aliphatic rings. The predicted octanol–water partition coefficient (Wildman–Crippen LogP) is 3.07. The van der Waals surface area contributed by atoms with Crippen LogP contribution in [0.5, 0.6) is 0 Å². The van der Waals surface area contributed by atoms with Crippen molar-refractivity contribution in [3.63, 3.8) is 0 Å². The molecule has 1 unspecified atom stereocenters. The van der Waals surface area contributed by atoms with Crippen molar-refractivity contribution < 1.29 is 0 Å². The molecule has 2 heteroatoms. The molecule has 1 aliphatic carbocycles. The minimum atomic E-state index is 0.726. The highest BCUT2D eigenvalue weighted by Gasteiger charge is 2.03. The van der Waals surface area contributed by atoms with Crippen molar-refractivity contribution in [3.05, 3.63) is 21.8 Å². The second-order valence-electron chi connectivity index (χ2n) is 1.72. The van der Waals surface area contributed by atoms with Gasteiger partial charge in [-0.05, 0) is 32.6 Å². The highest BCUT2D eigenvalue weighted by Crippen LogP contribution is 2.23. The summed E-state index contributed by atoms with van der Waals surface area (Å²) in [5.74, 6) is 0. The van der Waals surface area contributed by atoms with Crippen molar-refractivity contribution >= 4 is 45.2 Å². The molecule has 0 fully saturated rings. The predicted molar refractivity (Wildman–Crippen MR) is 53.7 cm³/mol. The fourth-order valence-corrected chi connectivity index (χ4v) is 2.84. The van der Waals surface area contributed by atoms with Crippen LogP contribution in [0.2, 0.25) is 0 Å². The van der Waals surface area contributed by atoms with Crippen LogP contribution in [0.1, 0.15) is 6.42 Å². The van der Waals surface area contributed by atoms with Gasteiger partial charge < -0.3 is 0 Å². The Balaban J connectivity index is 2.59. The molecule has 44 valence electrons. The lowest BCUT2D eigenvalue weighted by molar-refractivity contribution is 1.09. The van der Waals surface area contributed by atoms with Crippen molar-refractivity contribution in [1.29, 1.82) is 0 Å². The monoisotopic (exact) mass is 332 g/mol. The van der Waals surface area contributed by atoms with Crippen molar-refractivity contribution in [2.24, 2.45) is 0 Å². The Kier molecular flexibility index (Phi) is 2.82. The smallest absolute Gasteiger partial charge is 0.0337 e. The van der Waals surface area contributed by atoms with Gasteiger partial charge in [-0.15, -0.1) is 0 Å². The summed E-state index contributed by atoms with van der Waals surface area (Å²) >= 11 is 4.82.